The van der Waals surface area contributed by atoms with Crippen LogP contribution in [-0.4, -0.2) is 36.4 Å². The Morgan fingerprint density at radius 3 is 2.00 bits per heavy atom. The summed E-state index contributed by atoms with van der Waals surface area (Å²) in [4.78, 5) is 25.8. The maximum Gasteiger partial charge on any atom is 0.253 e. The summed E-state index contributed by atoms with van der Waals surface area (Å²) in [5.41, 5.74) is 2.61. The molecule has 0 saturated heterocycles. The van der Waals surface area contributed by atoms with Gasteiger partial charge in [0.2, 0.25) is 5.91 Å². The van der Waals surface area contributed by atoms with E-state index in [1.165, 1.54) is 0 Å². The Bertz CT molecular complexity index is 975. The molecule has 0 heterocycles. The fourth-order valence-electron chi connectivity index (χ4n) is 3.51. The average Bonchev–Trinajstić information content (AvgIpc) is 2.83. The molecule has 0 spiro atoms. The van der Waals surface area contributed by atoms with Crippen molar-refractivity contribution in [1.29, 1.82) is 0 Å². The molecule has 0 aliphatic heterocycles. The molecular weight excluding hydrogens is 440 g/mol. The van der Waals surface area contributed by atoms with Crippen LogP contribution in [0.15, 0.2) is 84.9 Å². The van der Waals surface area contributed by atoms with Gasteiger partial charge in [0.25, 0.3) is 5.91 Å². The zero-order valence-corrected chi connectivity index (χ0v) is 19.5. The number of thioether (sulfide) groups is 1. The van der Waals surface area contributed by atoms with Gasteiger partial charge in [-0.1, -0.05) is 84.4 Å². The van der Waals surface area contributed by atoms with E-state index in [0.29, 0.717) is 23.6 Å². The quantitative estimate of drug-likeness (QED) is 0.435. The molecule has 6 heteroatoms. The van der Waals surface area contributed by atoms with E-state index in [9.17, 15) is 9.59 Å². The molecule has 0 saturated carbocycles. The van der Waals surface area contributed by atoms with E-state index >= 15 is 0 Å². The predicted molar refractivity (Wildman–Crippen MR) is 133 cm³/mol. The van der Waals surface area contributed by atoms with Gasteiger partial charge >= 0.3 is 0 Å². The molecule has 0 radical (unpaired) electrons. The Labute approximate surface area is 198 Å². The van der Waals surface area contributed by atoms with Gasteiger partial charge in [-0.15, -0.1) is 0 Å². The topological polar surface area (TPSA) is 58.2 Å². The Morgan fingerprint density at radius 2 is 1.44 bits per heavy atom. The number of benzene rings is 3. The number of rotatable bonds is 10. The molecule has 3 rings (SSSR count). The Morgan fingerprint density at radius 1 is 0.875 bits per heavy atom. The van der Waals surface area contributed by atoms with Gasteiger partial charge in [-0.25, -0.2) is 0 Å². The zero-order valence-electron chi connectivity index (χ0n) is 18.0. The van der Waals surface area contributed by atoms with Crippen LogP contribution in [0.25, 0.3) is 0 Å². The highest BCUT2D eigenvalue weighted by atomic mass is 35.5. The van der Waals surface area contributed by atoms with Gasteiger partial charge in [-0.2, -0.15) is 11.8 Å². The van der Waals surface area contributed by atoms with Crippen molar-refractivity contribution < 1.29 is 9.59 Å². The lowest BCUT2D eigenvalue weighted by Crippen LogP contribution is -2.48. The van der Waals surface area contributed by atoms with Gasteiger partial charge in [0.1, 0.15) is 6.04 Å². The van der Waals surface area contributed by atoms with Crippen LogP contribution in [0.1, 0.15) is 33.8 Å². The summed E-state index contributed by atoms with van der Waals surface area (Å²) in [6.45, 7) is 0.435. The Hall–Kier alpha value is -2.76. The number of halogens is 1. The largest absolute Gasteiger partial charge is 0.353 e. The molecule has 4 nitrogen and oxygen atoms in total. The van der Waals surface area contributed by atoms with Crippen LogP contribution in [0.2, 0.25) is 5.02 Å². The van der Waals surface area contributed by atoms with E-state index in [4.69, 9.17) is 11.6 Å². The third-order valence-corrected chi connectivity index (χ3v) is 6.21. The minimum Gasteiger partial charge on any atom is -0.353 e. The van der Waals surface area contributed by atoms with E-state index in [0.717, 1.165) is 16.9 Å². The second-order valence-corrected chi connectivity index (χ2v) is 8.80. The second kappa shape index (κ2) is 12.3. The zero-order chi connectivity index (χ0) is 22.8. The van der Waals surface area contributed by atoms with E-state index in [1.54, 1.807) is 36.0 Å². The first kappa shape index (κ1) is 23.9. The Kier molecular flexibility index (Phi) is 9.20. The molecule has 1 unspecified atom stereocenters. The van der Waals surface area contributed by atoms with Gasteiger partial charge in [0.05, 0.1) is 10.6 Å². The summed E-state index contributed by atoms with van der Waals surface area (Å²) < 4.78 is 0. The number of carbonyl (C=O) groups is 2. The van der Waals surface area contributed by atoms with E-state index in [2.05, 4.69) is 34.9 Å². The van der Waals surface area contributed by atoms with Crippen molar-refractivity contribution in [2.24, 2.45) is 0 Å². The van der Waals surface area contributed by atoms with Gasteiger partial charge in [-0.3, -0.25) is 9.59 Å². The first-order valence-corrected chi connectivity index (χ1v) is 12.3. The van der Waals surface area contributed by atoms with Crippen LogP contribution in [0.4, 0.5) is 0 Å². The van der Waals surface area contributed by atoms with Crippen molar-refractivity contribution in [3.8, 4) is 0 Å². The van der Waals surface area contributed by atoms with Crippen LogP contribution in [0, 0.1) is 0 Å². The van der Waals surface area contributed by atoms with Gasteiger partial charge in [0.15, 0.2) is 0 Å². The van der Waals surface area contributed by atoms with E-state index < -0.39 is 6.04 Å². The number of amides is 2. The highest BCUT2D eigenvalue weighted by molar-refractivity contribution is 7.98. The highest BCUT2D eigenvalue weighted by Gasteiger charge is 2.23. The molecule has 0 fully saturated rings. The molecule has 32 heavy (non-hydrogen) atoms. The molecule has 3 aromatic rings. The van der Waals surface area contributed by atoms with Crippen LogP contribution in [0.3, 0.4) is 0 Å². The SMILES string of the molecule is CSCCC(NC(=O)c1ccccc1Cl)C(=O)NCC(c1ccccc1)c1ccccc1. The maximum atomic E-state index is 13.1. The summed E-state index contributed by atoms with van der Waals surface area (Å²) in [6, 6.07) is 26.4. The third-order valence-electron chi connectivity index (χ3n) is 5.24. The number of nitrogens with one attached hydrogen (secondary N) is 2. The molecule has 1 atom stereocenters. The average molecular weight is 467 g/mol. The molecule has 0 aliphatic rings. The van der Waals surface area contributed by atoms with Crippen LogP contribution in [-0.2, 0) is 4.79 Å². The number of hydrogen-bond acceptors (Lipinski definition) is 3. The predicted octanol–water partition coefficient (Wildman–Crippen LogP) is 5.14. The molecule has 0 aromatic heterocycles. The first-order valence-electron chi connectivity index (χ1n) is 10.5. The van der Waals surface area contributed by atoms with E-state index in [1.807, 2.05) is 42.7 Å². The first-order chi connectivity index (χ1) is 15.6. The van der Waals surface area contributed by atoms with Crippen molar-refractivity contribution >= 4 is 35.2 Å². The summed E-state index contributed by atoms with van der Waals surface area (Å²) >= 11 is 7.79. The van der Waals surface area contributed by atoms with Crippen molar-refractivity contribution in [2.45, 2.75) is 18.4 Å². The second-order valence-electron chi connectivity index (χ2n) is 7.41. The monoisotopic (exact) mass is 466 g/mol. The summed E-state index contributed by atoms with van der Waals surface area (Å²) in [5, 5.41) is 6.29. The third kappa shape index (κ3) is 6.62. The summed E-state index contributed by atoms with van der Waals surface area (Å²) in [7, 11) is 0. The van der Waals surface area contributed by atoms with Crippen LogP contribution in [0.5, 0.6) is 0 Å². The van der Waals surface area contributed by atoms with E-state index in [-0.39, 0.29) is 17.7 Å². The van der Waals surface area contributed by atoms with Crippen LogP contribution < -0.4 is 10.6 Å². The van der Waals surface area contributed by atoms with Crippen molar-refractivity contribution in [3.05, 3.63) is 107 Å². The molecule has 3 aromatic carbocycles. The fourth-order valence-corrected chi connectivity index (χ4v) is 4.20. The molecule has 0 aliphatic carbocycles. The van der Waals surface area contributed by atoms with Gasteiger partial charge in [-0.05, 0) is 41.7 Å². The standard InChI is InChI=1S/C26H27ClN2O2S/c1-32-17-16-24(29-25(30)21-14-8-9-15-23(21)27)26(31)28-18-22(19-10-4-2-5-11-19)20-12-6-3-7-13-20/h2-15,22,24H,16-18H2,1H3,(H,28,31)(H,29,30). The molecule has 2 amide bonds. The molecule has 0 bridgehead atoms. The lowest BCUT2D eigenvalue weighted by Gasteiger charge is -2.22. The number of hydrogen-bond donors (Lipinski definition) is 2. The summed E-state index contributed by atoms with van der Waals surface area (Å²) in [6.07, 6.45) is 2.51. The lowest BCUT2D eigenvalue weighted by atomic mass is 9.91. The minimum atomic E-state index is -0.640. The van der Waals surface area contributed by atoms with Gasteiger partial charge < -0.3 is 10.6 Å². The molecular formula is C26H27ClN2O2S. The Balaban J connectivity index is 1.73. The van der Waals surface area contributed by atoms with Crippen molar-refractivity contribution in [1.82, 2.24) is 10.6 Å². The van der Waals surface area contributed by atoms with Crippen molar-refractivity contribution in [3.63, 3.8) is 0 Å². The minimum absolute atomic E-state index is 0.0156. The normalized spacial score (nSPS) is 11.7. The number of carbonyl (C=O) groups excluding carboxylic acids is 2. The summed E-state index contributed by atoms with van der Waals surface area (Å²) in [5.74, 6) is 0.222. The van der Waals surface area contributed by atoms with Gasteiger partial charge in [0, 0.05) is 12.5 Å². The fraction of sp³-hybridized carbons (Fsp3) is 0.231. The maximum absolute atomic E-state index is 13.1. The molecule has 166 valence electrons. The lowest BCUT2D eigenvalue weighted by molar-refractivity contribution is -0.123. The van der Waals surface area contributed by atoms with Crippen LogP contribution >= 0.6 is 23.4 Å². The molecule has 2 N–H and O–H groups in total. The van der Waals surface area contributed by atoms with Crippen molar-refractivity contribution in [2.75, 3.05) is 18.6 Å². The smallest absolute Gasteiger partial charge is 0.253 e. The highest BCUT2D eigenvalue weighted by Crippen LogP contribution is 2.24.